The first-order valence-corrected chi connectivity index (χ1v) is 16.4. The smallest absolute Gasteiger partial charge is 0.360 e. The molecule has 0 saturated carbocycles. The van der Waals surface area contributed by atoms with Crippen molar-refractivity contribution in [1.29, 1.82) is 0 Å². The van der Waals surface area contributed by atoms with Crippen molar-refractivity contribution >= 4 is 28.8 Å². The number of oxazole rings is 1. The van der Waals surface area contributed by atoms with Gasteiger partial charge in [-0.05, 0) is 49.3 Å². The summed E-state index contributed by atoms with van der Waals surface area (Å²) < 4.78 is 11.7. The van der Waals surface area contributed by atoms with Crippen LogP contribution in [0.3, 0.4) is 0 Å². The Bertz CT molecular complexity index is 1600. The van der Waals surface area contributed by atoms with Gasteiger partial charge in [0, 0.05) is 43.0 Å². The fourth-order valence-electron chi connectivity index (χ4n) is 5.99. The highest BCUT2D eigenvalue weighted by atomic mass is 16.5. The molecule has 0 aliphatic carbocycles. The number of rotatable bonds is 12. The third-order valence-electron chi connectivity index (χ3n) is 8.32. The molecule has 4 aromatic rings. The number of nitrogens with zero attached hydrogens (tertiary/aromatic N) is 2. The summed E-state index contributed by atoms with van der Waals surface area (Å²) >= 11 is 0. The van der Waals surface area contributed by atoms with Gasteiger partial charge in [-0.2, -0.15) is 0 Å². The summed E-state index contributed by atoms with van der Waals surface area (Å²) in [7, 11) is 0. The van der Waals surface area contributed by atoms with Crippen LogP contribution < -0.4 is 10.6 Å². The number of hydrogen-bond donors (Lipinski definition) is 3. The second-order valence-electron chi connectivity index (χ2n) is 12.4. The van der Waals surface area contributed by atoms with Crippen LogP contribution in [0.2, 0.25) is 0 Å². The Kier molecular flexibility index (Phi) is 11.1. The van der Waals surface area contributed by atoms with E-state index < -0.39 is 18.1 Å². The van der Waals surface area contributed by atoms with Crippen LogP contribution in [0.5, 0.6) is 0 Å². The molecular formula is C36H45N5O5. The van der Waals surface area contributed by atoms with Crippen LogP contribution in [0, 0.1) is 5.92 Å². The maximum absolute atomic E-state index is 14.0. The summed E-state index contributed by atoms with van der Waals surface area (Å²) in [6.45, 7) is 7.35. The predicted octanol–water partition coefficient (Wildman–Crippen LogP) is 6.32. The topological polar surface area (TPSA) is 130 Å². The number of carbonyl (C=O) groups is 3. The van der Waals surface area contributed by atoms with Crippen molar-refractivity contribution in [2.24, 2.45) is 5.92 Å². The Morgan fingerprint density at radius 1 is 0.978 bits per heavy atom. The van der Waals surface area contributed by atoms with E-state index in [4.69, 9.17) is 9.15 Å². The van der Waals surface area contributed by atoms with E-state index in [1.165, 1.54) is 0 Å². The van der Waals surface area contributed by atoms with Crippen LogP contribution in [-0.4, -0.2) is 58.5 Å². The zero-order chi connectivity index (χ0) is 32.5. The molecule has 0 unspecified atom stereocenters. The zero-order valence-electron chi connectivity index (χ0n) is 27.0. The summed E-state index contributed by atoms with van der Waals surface area (Å²) in [6.07, 6.45) is 7.17. The third kappa shape index (κ3) is 8.35. The lowest BCUT2D eigenvalue weighted by Gasteiger charge is -2.27. The average Bonchev–Trinajstić information content (AvgIpc) is 3.54. The molecule has 1 saturated heterocycles. The van der Waals surface area contributed by atoms with Gasteiger partial charge in [-0.3, -0.25) is 4.79 Å². The number of esters is 1. The molecule has 3 heterocycles. The van der Waals surface area contributed by atoms with Crippen molar-refractivity contribution in [2.45, 2.75) is 77.8 Å². The fourth-order valence-corrected chi connectivity index (χ4v) is 5.99. The van der Waals surface area contributed by atoms with Crippen molar-refractivity contribution in [2.75, 3.05) is 19.7 Å². The minimum atomic E-state index is -0.760. The predicted molar refractivity (Wildman–Crippen MR) is 176 cm³/mol. The molecule has 0 radical (unpaired) electrons. The Balaban J connectivity index is 1.47. The lowest BCUT2D eigenvalue weighted by Crippen LogP contribution is -2.52. The summed E-state index contributed by atoms with van der Waals surface area (Å²) in [5, 5.41) is 7.17. The van der Waals surface area contributed by atoms with Crippen molar-refractivity contribution in [3.63, 3.8) is 0 Å². The Hall–Kier alpha value is -4.60. The van der Waals surface area contributed by atoms with Crippen LogP contribution in [0.15, 0.2) is 65.2 Å². The van der Waals surface area contributed by atoms with E-state index in [1.54, 1.807) is 6.92 Å². The van der Waals surface area contributed by atoms with Crippen LogP contribution in [0.25, 0.3) is 10.9 Å². The van der Waals surface area contributed by atoms with Crippen LogP contribution in [0.4, 0.5) is 4.79 Å². The monoisotopic (exact) mass is 627 g/mol. The number of aromatic nitrogens is 2. The molecule has 0 bridgehead atoms. The maximum Gasteiger partial charge on any atom is 0.360 e. The summed E-state index contributed by atoms with van der Waals surface area (Å²) in [4.78, 5) is 50.2. The van der Waals surface area contributed by atoms with Crippen LogP contribution in [0.1, 0.15) is 92.2 Å². The van der Waals surface area contributed by atoms with Gasteiger partial charge in [-0.1, -0.05) is 75.2 Å². The molecule has 3 amide bonds. The average molecular weight is 628 g/mol. The molecule has 3 N–H and O–H groups in total. The molecule has 2 aromatic heterocycles. The normalized spacial score (nSPS) is 14.9. The SMILES string of the molecule is CCOC(=O)c1nc([C@@H](Cc2c[nH]c3ccccc23)NC(=O)[C@H](CC(C)C)NC(=O)N2CCCCCC2)oc1Cc1ccccc1. The van der Waals surface area contributed by atoms with Gasteiger partial charge in [0.25, 0.3) is 0 Å². The quantitative estimate of drug-likeness (QED) is 0.158. The van der Waals surface area contributed by atoms with E-state index in [1.807, 2.05) is 79.5 Å². The van der Waals surface area contributed by atoms with Crippen LogP contribution >= 0.6 is 0 Å². The first-order chi connectivity index (χ1) is 22.3. The Morgan fingerprint density at radius 2 is 1.70 bits per heavy atom. The number of para-hydroxylation sites is 1. The molecule has 46 heavy (non-hydrogen) atoms. The molecule has 10 nitrogen and oxygen atoms in total. The highest BCUT2D eigenvalue weighted by Crippen LogP contribution is 2.28. The third-order valence-corrected chi connectivity index (χ3v) is 8.32. The number of amides is 3. The zero-order valence-corrected chi connectivity index (χ0v) is 27.0. The molecule has 2 aromatic carbocycles. The molecule has 1 aliphatic rings. The van der Waals surface area contributed by atoms with Gasteiger partial charge in [0.05, 0.1) is 6.61 Å². The number of ether oxygens (including phenoxy) is 1. The van der Waals surface area contributed by atoms with Gasteiger partial charge in [0.1, 0.15) is 17.8 Å². The van der Waals surface area contributed by atoms with Crippen molar-refractivity contribution in [1.82, 2.24) is 25.5 Å². The summed E-state index contributed by atoms with van der Waals surface area (Å²) in [5.74, 6) is -0.187. The van der Waals surface area contributed by atoms with Gasteiger partial charge >= 0.3 is 12.0 Å². The van der Waals surface area contributed by atoms with Gasteiger partial charge < -0.3 is 29.7 Å². The van der Waals surface area contributed by atoms with E-state index >= 15 is 0 Å². The van der Waals surface area contributed by atoms with Crippen molar-refractivity contribution in [3.8, 4) is 0 Å². The number of nitrogens with one attached hydrogen (secondary N) is 3. The van der Waals surface area contributed by atoms with Crippen molar-refractivity contribution in [3.05, 3.63) is 89.3 Å². The van der Waals surface area contributed by atoms with Crippen LogP contribution in [-0.2, 0) is 22.4 Å². The Morgan fingerprint density at radius 3 is 2.41 bits per heavy atom. The number of H-pyrrole nitrogens is 1. The highest BCUT2D eigenvalue weighted by Gasteiger charge is 2.31. The second kappa shape index (κ2) is 15.6. The number of aromatic amines is 1. The van der Waals surface area contributed by atoms with E-state index in [2.05, 4.69) is 20.6 Å². The van der Waals surface area contributed by atoms with Gasteiger partial charge in [-0.25, -0.2) is 14.6 Å². The molecular weight excluding hydrogens is 582 g/mol. The first-order valence-electron chi connectivity index (χ1n) is 16.4. The molecule has 1 aliphatic heterocycles. The number of urea groups is 1. The molecule has 1 fully saturated rings. The van der Waals surface area contributed by atoms with Gasteiger partial charge in [0.15, 0.2) is 5.69 Å². The largest absolute Gasteiger partial charge is 0.461 e. The van der Waals surface area contributed by atoms with E-state index in [0.717, 1.165) is 47.7 Å². The Labute approximate surface area is 270 Å². The number of carbonyl (C=O) groups excluding carboxylic acids is 3. The number of benzene rings is 2. The van der Waals surface area contributed by atoms with Crippen molar-refractivity contribution < 1.29 is 23.5 Å². The fraction of sp³-hybridized carbons (Fsp3) is 0.444. The molecule has 10 heteroatoms. The van der Waals surface area contributed by atoms with Gasteiger partial charge in [-0.15, -0.1) is 0 Å². The highest BCUT2D eigenvalue weighted by molar-refractivity contribution is 5.89. The maximum atomic E-state index is 14.0. The number of likely N-dealkylation sites (tertiary alicyclic amines) is 1. The lowest BCUT2D eigenvalue weighted by atomic mass is 10.0. The molecule has 2 atom stereocenters. The second-order valence-corrected chi connectivity index (χ2v) is 12.4. The van der Waals surface area contributed by atoms with E-state index in [9.17, 15) is 14.4 Å². The van der Waals surface area contributed by atoms with E-state index in [0.29, 0.717) is 38.1 Å². The molecule has 244 valence electrons. The lowest BCUT2D eigenvalue weighted by molar-refractivity contribution is -0.124. The van der Waals surface area contributed by atoms with Gasteiger partial charge in [0.2, 0.25) is 11.8 Å². The number of hydrogen-bond acceptors (Lipinski definition) is 6. The summed E-state index contributed by atoms with van der Waals surface area (Å²) in [6, 6.07) is 15.9. The number of fused-ring (bicyclic) bond motifs is 1. The minimum Gasteiger partial charge on any atom is -0.461 e. The molecule has 5 rings (SSSR count). The van der Waals surface area contributed by atoms with E-state index in [-0.39, 0.29) is 36.0 Å². The first kappa shape index (κ1) is 32.8. The standard InChI is InChI=1S/C36H45N5O5/c1-4-45-35(43)32-31(21-25-14-8-7-9-15-25)46-34(40-32)30(22-26-23-37-28-17-11-10-16-27(26)28)38-33(42)29(20-24(2)3)39-36(44)41-18-12-5-6-13-19-41/h7-11,14-17,23-24,29-30,37H,4-6,12-13,18-22H2,1-3H3,(H,38,42)(H,39,44)/t29-,30+/m0/s1. The molecule has 0 spiro atoms. The summed E-state index contributed by atoms with van der Waals surface area (Å²) in [5.41, 5.74) is 2.96. The minimum absolute atomic E-state index is 0.0899.